The van der Waals surface area contributed by atoms with Crippen molar-refractivity contribution < 1.29 is 19.4 Å². The van der Waals surface area contributed by atoms with Crippen molar-refractivity contribution in [1.82, 2.24) is 14.8 Å². The van der Waals surface area contributed by atoms with Crippen LogP contribution in [0.25, 0.3) is 5.76 Å². The zero-order chi connectivity index (χ0) is 21.7. The van der Waals surface area contributed by atoms with Crippen LogP contribution in [0.3, 0.4) is 0 Å². The van der Waals surface area contributed by atoms with Crippen molar-refractivity contribution in [2.45, 2.75) is 19.4 Å². The van der Waals surface area contributed by atoms with Crippen molar-refractivity contribution in [3.63, 3.8) is 0 Å². The highest BCUT2D eigenvalue weighted by atomic mass is 16.5. The lowest BCUT2D eigenvalue weighted by Crippen LogP contribution is -2.35. The average Bonchev–Trinajstić information content (AvgIpc) is 3.01. The van der Waals surface area contributed by atoms with E-state index in [-0.39, 0.29) is 11.3 Å². The number of hydrogen-bond donors (Lipinski definition) is 1. The van der Waals surface area contributed by atoms with Gasteiger partial charge in [0.1, 0.15) is 11.5 Å². The van der Waals surface area contributed by atoms with Gasteiger partial charge in [-0.05, 0) is 50.3 Å². The van der Waals surface area contributed by atoms with Crippen molar-refractivity contribution in [2.75, 3.05) is 33.8 Å². The summed E-state index contributed by atoms with van der Waals surface area (Å²) in [5.41, 5.74) is 1.24. The fourth-order valence-electron chi connectivity index (χ4n) is 3.42. The number of carbonyl (C=O) groups is 2. The molecule has 1 aromatic carbocycles. The number of hydrogen-bond acceptors (Lipinski definition) is 6. The lowest BCUT2D eigenvalue weighted by atomic mass is 9.96. The Bertz CT molecular complexity index is 940. The Morgan fingerprint density at radius 1 is 1.20 bits per heavy atom. The summed E-state index contributed by atoms with van der Waals surface area (Å²) < 4.78 is 5.64. The van der Waals surface area contributed by atoms with Crippen LogP contribution >= 0.6 is 0 Å². The van der Waals surface area contributed by atoms with Crippen LogP contribution < -0.4 is 4.74 Å². The maximum absolute atomic E-state index is 12.9. The topological polar surface area (TPSA) is 83.0 Å². The highest BCUT2D eigenvalue weighted by Gasteiger charge is 2.45. The number of likely N-dealkylation sites (N-methyl/N-ethyl adjacent to an activating group) is 1. The maximum Gasteiger partial charge on any atom is 0.295 e. The van der Waals surface area contributed by atoms with Crippen molar-refractivity contribution in [1.29, 1.82) is 0 Å². The number of likely N-dealkylation sites (tertiary alicyclic amines) is 1. The van der Waals surface area contributed by atoms with Gasteiger partial charge in [-0.1, -0.05) is 19.1 Å². The number of amides is 1. The van der Waals surface area contributed by atoms with Crippen LogP contribution in [0, 0.1) is 0 Å². The molecule has 1 aliphatic heterocycles. The summed E-state index contributed by atoms with van der Waals surface area (Å²) in [6.45, 7) is 3.51. The molecule has 0 bridgehead atoms. The van der Waals surface area contributed by atoms with Gasteiger partial charge < -0.3 is 19.6 Å². The van der Waals surface area contributed by atoms with Gasteiger partial charge in [0, 0.05) is 31.0 Å². The van der Waals surface area contributed by atoms with Crippen LogP contribution in [0.15, 0.2) is 54.4 Å². The van der Waals surface area contributed by atoms with Crippen molar-refractivity contribution in [3.05, 3.63) is 65.5 Å². The number of rotatable bonds is 8. The molecule has 0 saturated carbocycles. The van der Waals surface area contributed by atoms with E-state index in [2.05, 4.69) is 4.98 Å². The number of aliphatic hydroxyl groups excluding tert-OH is 1. The van der Waals surface area contributed by atoms with E-state index in [1.54, 1.807) is 48.8 Å². The Kier molecular flexibility index (Phi) is 6.84. The highest BCUT2D eigenvalue weighted by Crippen LogP contribution is 2.39. The molecule has 1 saturated heterocycles. The first-order valence-electron chi connectivity index (χ1n) is 10.00. The first-order chi connectivity index (χ1) is 14.4. The Morgan fingerprint density at radius 2 is 1.93 bits per heavy atom. The summed E-state index contributed by atoms with van der Waals surface area (Å²) in [5.74, 6) is -0.904. The van der Waals surface area contributed by atoms with E-state index in [1.165, 1.54) is 4.90 Å². The number of pyridine rings is 1. The molecule has 1 N–H and O–H groups in total. The molecule has 30 heavy (non-hydrogen) atoms. The van der Waals surface area contributed by atoms with Gasteiger partial charge in [0.15, 0.2) is 0 Å². The minimum Gasteiger partial charge on any atom is -0.507 e. The van der Waals surface area contributed by atoms with Crippen LogP contribution in [0.1, 0.15) is 30.5 Å². The quantitative estimate of drug-likeness (QED) is 0.410. The fourth-order valence-corrected chi connectivity index (χ4v) is 3.42. The molecule has 2 heterocycles. The molecule has 0 aliphatic carbocycles. The molecule has 1 unspecified atom stereocenters. The minimum absolute atomic E-state index is 0.0811. The van der Waals surface area contributed by atoms with Crippen LogP contribution in [0.2, 0.25) is 0 Å². The molecular weight excluding hydrogens is 382 g/mol. The number of carbonyl (C=O) groups excluding carboxylic acids is 2. The van der Waals surface area contributed by atoms with E-state index in [1.807, 2.05) is 25.9 Å². The Morgan fingerprint density at radius 3 is 2.60 bits per heavy atom. The van der Waals surface area contributed by atoms with E-state index in [4.69, 9.17) is 4.74 Å². The lowest BCUT2D eigenvalue weighted by molar-refractivity contribution is -0.140. The number of Topliss-reactive ketones (excluding diaryl/α,β-unsaturated/α-hetero) is 1. The number of ether oxygens (including phenoxy) is 1. The van der Waals surface area contributed by atoms with Crippen molar-refractivity contribution in [2.24, 2.45) is 0 Å². The van der Waals surface area contributed by atoms with Gasteiger partial charge in [-0.3, -0.25) is 14.6 Å². The summed E-state index contributed by atoms with van der Waals surface area (Å²) in [7, 11) is 3.81. The molecule has 1 fully saturated rings. The van der Waals surface area contributed by atoms with Gasteiger partial charge in [-0.25, -0.2) is 0 Å². The predicted octanol–water partition coefficient (Wildman–Crippen LogP) is 2.85. The third-order valence-electron chi connectivity index (χ3n) is 4.93. The normalized spacial score (nSPS) is 18.3. The second kappa shape index (κ2) is 9.54. The van der Waals surface area contributed by atoms with Crippen molar-refractivity contribution in [3.8, 4) is 5.75 Å². The van der Waals surface area contributed by atoms with E-state index in [0.29, 0.717) is 31.0 Å². The number of nitrogens with zero attached hydrogens (tertiary/aromatic N) is 3. The minimum atomic E-state index is -0.687. The molecule has 3 rings (SSSR count). The number of aromatic nitrogens is 1. The zero-order valence-corrected chi connectivity index (χ0v) is 17.5. The van der Waals surface area contributed by atoms with Gasteiger partial charge in [-0.2, -0.15) is 0 Å². The average molecular weight is 409 g/mol. The summed E-state index contributed by atoms with van der Waals surface area (Å²) >= 11 is 0. The van der Waals surface area contributed by atoms with Crippen LogP contribution in [-0.4, -0.2) is 65.4 Å². The molecule has 1 atom stereocenters. The number of aliphatic hydroxyl groups is 1. The standard InChI is InChI=1S/C23H27N3O4/c1-4-14-30-18-7-5-6-17(15-18)21(27)19-20(16-8-10-24-11-9-16)26(13-12-25(2)3)23(29)22(19)28/h5-11,15,20,27H,4,12-14H2,1-3H3/b21-19+. The van der Waals surface area contributed by atoms with Gasteiger partial charge in [0.05, 0.1) is 18.2 Å². The van der Waals surface area contributed by atoms with E-state index < -0.39 is 17.7 Å². The maximum atomic E-state index is 12.9. The Hall–Kier alpha value is -3.19. The molecule has 7 nitrogen and oxygen atoms in total. The molecule has 0 radical (unpaired) electrons. The molecule has 0 spiro atoms. The van der Waals surface area contributed by atoms with Gasteiger partial charge >= 0.3 is 0 Å². The number of benzene rings is 1. The van der Waals surface area contributed by atoms with E-state index in [9.17, 15) is 14.7 Å². The van der Waals surface area contributed by atoms with Gasteiger partial charge in [0.2, 0.25) is 0 Å². The number of ketones is 1. The summed E-state index contributed by atoms with van der Waals surface area (Å²) in [6.07, 6.45) is 4.08. The Labute approximate surface area is 176 Å². The summed E-state index contributed by atoms with van der Waals surface area (Å²) in [6, 6.07) is 9.77. The molecule has 7 heteroatoms. The van der Waals surface area contributed by atoms with Crippen LogP contribution in [-0.2, 0) is 9.59 Å². The van der Waals surface area contributed by atoms with Crippen LogP contribution in [0.4, 0.5) is 0 Å². The second-order valence-corrected chi connectivity index (χ2v) is 7.45. The van der Waals surface area contributed by atoms with Gasteiger partial charge in [-0.15, -0.1) is 0 Å². The SMILES string of the molecule is CCCOc1cccc(/C(O)=C2\C(=O)C(=O)N(CCN(C)C)C2c2ccncc2)c1. The van der Waals surface area contributed by atoms with Crippen molar-refractivity contribution >= 4 is 17.4 Å². The largest absolute Gasteiger partial charge is 0.507 e. The second-order valence-electron chi connectivity index (χ2n) is 7.45. The Balaban J connectivity index is 2.07. The third kappa shape index (κ3) is 4.52. The van der Waals surface area contributed by atoms with Gasteiger partial charge in [0.25, 0.3) is 11.7 Å². The molecular formula is C23H27N3O4. The first-order valence-corrected chi connectivity index (χ1v) is 10.00. The monoisotopic (exact) mass is 409 g/mol. The summed E-state index contributed by atoms with van der Waals surface area (Å²) in [4.78, 5) is 33.3. The van der Waals surface area contributed by atoms with E-state index in [0.717, 1.165) is 12.0 Å². The zero-order valence-electron chi connectivity index (χ0n) is 17.5. The predicted molar refractivity (Wildman–Crippen MR) is 114 cm³/mol. The first kappa shape index (κ1) is 21.5. The smallest absolute Gasteiger partial charge is 0.295 e. The fraction of sp³-hybridized carbons (Fsp3) is 0.348. The molecule has 158 valence electrons. The summed E-state index contributed by atoms with van der Waals surface area (Å²) in [5, 5.41) is 11.1. The van der Waals surface area contributed by atoms with Crippen LogP contribution in [0.5, 0.6) is 5.75 Å². The molecule has 2 aromatic rings. The molecule has 1 aliphatic rings. The highest BCUT2D eigenvalue weighted by molar-refractivity contribution is 6.46. The van der Waals surface area contributed by atoms with E-state index >= 15 is 0 Å². The molecule has 1 amide bonds. The molecule has 1 aromatic heterocycles. The lowest BCUT2D eigenvalue weighted by Gasteiger charge is -2.26. The third-order valence-corrected chi connectivity index (χ3v) is 4.93.